The Hall–Kier alpha value is -1.27. The number of carbonyl (C=O) groups is 3. The van der Waals surface area contributed by atoms with Crippen LogP contribution in [0.2, 0.25) is 0 Å². The molecule has 0 spiro atoms. The van der Waals surface area contributed by atoms with Gasteiger partial charge in [-0.3, -0.25) is 14.4 Å². The van der Waals surface area contributed by atoms with E-state index in [0.717, 1.165) is 0 Å². The molecule has 0 bridgehead atoms. The van der Waals surface area contributed by atoms with Gasteiger partial charge in [0, 0.05) is 13.5 Å². The molecular formula is C10H18N2O4. The lowest BCUT2D eigenvalue weighted by Crippen LogP contribution is -2.36. The molecule has 0 aliphatic heterocycles. The highest BCUT2D eigenvalue weighted by atomic mass is 16.5. The lowest BCUT2D eigenvalue weighted by atomic mass is 10.1. The van der Waals surface area contributed by atoms with Crippen molar-refractivity contribution in [2.24, 2.45) is 0 Å². The van der Waals surface area contributed by atoms with Gasteiger partial charge in [0.2, 0.25) is 5.78 Å². The standard InChI is InChI=1S/C10H18N2O4/c1-7(13)8(11-2)4-5-9(14)10(15)12-6-16-3/h8,11H,4-6H2,1-3H3,(H,12,15)/t8-/m0/s1. The van der Waals surface area contributed by atoms with E-state index in [1.54, 1.807) is 7.05 Å². The summed E-state index contributed by atoms with van der Waals surface area (Å²) < 4.78 is 4.60. The fourth-order valence-corrected chi connectivity index (χ4v) is 1.18. The maximum Gasteiger partial charge on any atom is 0.289 e. The van der Waals surface area contributed by atoms with E-state index in [9.17, 15) is 14.4 Å². The van der Waals surface area contributed by atoms with Gasteiger partial charge >= 0.3 is 0 Å². The quantitative estimate of drug-likeness (QED) is 0.422. The predicted molar refractivity (Wildman–Crippen MR) is 57.8 cm³/mol. The van der Waals surface area contributed by atoms with Gasteiger partial charge in [0.1, 0.15) is 12.5 Å². The van der Waals surface area contributed by atoms with E-state index in [1.165, 1.54) is 14.0 Å². The molecule has 1 atom stereocenters. The highest BCUT2D eigenvalue weighted by molar-refractivity contribution is 6.36. The maximum absolute atomic E-state index is 11.3. The number of likely N-dealkylation sites (N-methyl/N-ethyl adjacent to an activating group) is 1. The summed E-state index contributed by atoms with van der Waals surface area (Å²) in [6.07, 6.45) is 0.367. The summed E-state index contributed by atoms with van der Waals surface area (Å²) in [7, 11) is 3.05. The first kappa shape index (κ1) is 14.7. The Balaban J connectivity index is 3.96. The fraction of sp³-hybridized carbons (Fsp3) is 0.700. The third-order valence-corrected chi connectivity index (χ3v) is 2.13. The maximum atomic E-state index is 11.3. The van der Waals surface area contributed by atoms with Crippen molar-refractivity contribution in [2.45, 2.75) is 25.8 Å². The summed E-state index contributed by atoms with van der Waals surface area (Å²) in [5.41, 5.74) is 0. The molecule has 0 radical (unpaired) electrons. The predicted octanol–water partition coefficient (Wildman–Crippen LogP) is -0.767. The van der Waals surface area contributed by atoms with E-state index < -0.39 is 11.7 Å². The van der Waals surface area contributed by atoms with E-state index in [0.29, 0.717) is 6.42 Å². The van der Waals surface area contributed by atoms with E-state index >= 15 is 0 Å². The van der Waals surface area contributed by atoms with Crippen LogP contribution in [0.25, 0.3) is 0 Å². The van der Waals surface area contributed by atoms with Crippen LogP contribution in [0.1, 0.15) is 19.8 Å². The Bertz CT molecular complexity index is 266. The van der Waals surface area contributed by atoms with Gasteiger partial charge in [0.25, 0.3) is 5.91 Å². The smallest absolute Gasteiger partial charge is 0.289 e. The second kappa shape index (κ2) is 7.95. The summed E-state index contributed by atoms with van der Waals surface area (Å²) in [6, 6.07) is -0.376. The molecule has 2 N–H and O–H groups in total. The molecule has 0 aromatic carbocycles. The van der Waals surface area contributed by atoms with Crippen LogP contribution in [0.5, 0.6) is 0 Å². The summed E-state index contributed by atoms with van der Waals surface area (Å²) in [5.74, 6) is -1.27. The number of ether oxygens (including phenoxy) is 1. The van der Waals surface area contributed by atoms with Crippen LogP contribution in [-0.2, 0) is 19.1 Å². The van der Waals surface area contributed by atoms with E-state index in [-0.39, 0.29) is 25.0 Å². The normalized spacial score (nSPS) is 11.9. The first-order valence-corrected chi connectivity index (χ1v) is 5.00. The zero-order chi connectivity index (χ0) is 12.6. The van der Waals surface area contributed by atoms with Crippen molar-refractivity contribution in [3.05, 3.63) is 0 Å². The fourth-order valence-electron chi connectivity index (χ4n) is 1.18. The first-order chi connectivity index (χ1) is 7.52. The average molecular weight is 230 g/mol. The molecular weight excluding hydrogens is 212 g/mol. The Morgan fingerprint density at radius 1 is 1.31 bits per heavy atom. The highest BCUT2D eigenvalue weighted by Crippen LogP contribution is 1.99. The van der Waals surface area contributed by atoms with Crippen LogP contribution in [0.4, 0.5) is 0 Å². The second-order valence-corrected chi connectivity index (χ2v) is 3.35. The molecule has 0 heterocycles. The Labute approximate surface area is 94.7 Å². The van der Waals surface area contributed by atoms with Crippen LogP contribution in [0.3, 0.4) is 0 Å². The number of methoxy groups -OCH3 is 1. The Kier molecular flexibility index (Phi) is 7.32. The molecule has 0 unspecified atom stereocenters. The topological polar surface area (TPSA) is 84.5 Å². The van der Waals surface area contributed by atoms with E-state index in [1.807, 2.05) is 0 Å². The number of Topliss-reactive ketones (excluding diaryl/α,β-unsaturated/α-hetero) is 2. The summed E-state index contributed by atoms with van der Waals surface area (Å²) in [4.78, 5) is 33.4. The summed E-state index contributed by atoms with van der Waals surface area (Å²) in [6.45, 7) is 1.45. The van der Waals surface area contributed by atoms with Gasteiger partial charge in [0.15, 0.2) is 0 Å². The molecule has 0 aromatic heterocycles. The van der Waals surface area contributed by atoms with Crippen molar-refractivity contribution >= 4 is 17.5 Å². The molecule has 0 aromatic rings. The van der Waals surface area contributed by atoms with Gasteiger partial charge in [-0.05, 0) is 20.4 Å². The summed E-state index contributed by atoms with van der Waals surface area (Å²) in [5, 5.41) is 5.07. The van der Waals surface area contributed by atoms with Crippen LogP contribution in [0.15, 0.2) is 0 Å². The molecule has 0 aliphatic carbocycles. The summed E-state index contributed by atoms with van der Waals surface area (Å²) >= 11 is 0. The molecule has 16 heavy (non-hydrogen) atoms. The van der Waals surface area contributed by atoms with E-state index in [4.69, 9.17) is 0 Å². The SMILES string of the molecule is CN[C@@H](CCC(=O)C(=O)NCOC)C(C)=O. The van der Waals surface area contributed by atoms with Crippen LogP contribution < -0.4 is 10.6 Å². The first-order valence-electron chi connectivity index (χ1n) is 5.00. The molecule has 0 rings (SSSR count). The van der Waals surface area contributed by atoms with Crippen molar-refractivity contribution < 1.29 is 19.1 Å². The van der Waals surface area contributed by atoms with Crippen molar-refractivity contribution in [1.82, 2.24) is 10.6 Å². The molecule has 6 heteroatoms. The number of nitrogens with one attached hydrogen (secondary N) is 2. The number of ketones is 2. The third kappa shape index (κ3) is 5.57. The average Bonchev–Trinajstić information content (AvgIpc) is 2.25. The Morgan fingerprint density at radius 3 is 2.38 bits per heavy atom. The number of hydrogen-bond donors (Lipinski definition) is 2. The second-order valence-electron chi connectivity index (χ2n) is 3.35. The van der Waals surface area contributed by atoms with Gasteiger partial charge in [-0.2, -0.15) is 0 Å². The Morgan fingerprint density at radius 2 is 1.94 bits per heavy atom. The van der Waals surface area contributed by atoms with Crippen molar-refractivity contribution in [3.8, 4) is 0 Å². The lowest BCUT2D eigenvalue weighted by Gasteiger charge is -2.11. The molecule has 0 aliphatic rings. The van der Waals surface area contributed by atoms with Gasteiger partial charge < -0.3 is 15.4 Å². The monoisotopic (exact) mass is 230 g/mol. The van der Waals surface area contributed by atoms with Crippen molar-refractivity contribution in [3.63, 3.8) is 0 Å². The minimum Gasteiger partial charge on any atom is -0.364 e. The highest BCUT2D eigenvalue weighted by Gasteiger charge is 2.17. The van der Waals surface area contributed by atoms with Gasteiger partial charge in [-0.1, -0.05) is 0 Å². The van der Waals surface area contributed by atoms with E-state index in [2.05, 4.69) is 15.4 Å². The van der Waals surface area contributed by atoms with Crippen molar-refractivity contribution in [1.29, 1.82) is 0 Å². The number of rotatable bonds is 8. The molecule has 1 amide bonds. The van der Waals surface area contributed by atoms with Crippen LogP contribution >= 0.6 is 0 Å². The molecule has 0 saturated heterocycles. The number of amides is 1. The minimum absolute atomic E-state index is 0.00668. The zero-order valence-corrected chi connectivity index (χ0v) is 9.83. The number of carbonyl (C=O) groups excluding carboxylic acids is 3. The van der Waals surface area contributed by atoms with Crippen LogP contribution in [0, 0.1) is 0 Å². The zero-order valence-electron chi connectivity index (χ0n) is 9.83. The largest absolute Gasteiger partial charge is 0.364 e. The number of hydrogen-bond acceptors (Lipinski definition) is 5. The molecule has 0 saturated carbocycles. The van der Waals surface area contributed by atoms with Gasteiger partial charge in [0.05, 0.1) is 6.04 Å². The molecule has 6 nitrogen and oxygen atoms in total. The molecule has 0 fully saturated rings. The van der Waals surface area contributed by atoms with Gasteiger partial charge in [-0.25, -0.2) is 0 Å². The minimum atomic E-state index is -0.680. The van der Waals surface area contributed by atoms with Gasteiger partial charge in [-0.15, -0.1) is 0 Å². The third-order valence-electron chi connectivity index (χ3n) is 2.13. The molecule has 92 valence electrons. The van der Waals surface area contributed by atoms with Crippen molar-refractivity contribution in [2.75, 3.05) is 20.9 Å². The van der Waals surface area contributed by atoms with Crippen LogP contribution in [-0.4, -0.2) is 44.4 Å². The lowest BCUT2D eigenvalue weighted by molar-refractivity contribution is -0.139.